The number of aryl methyl sites for hydroxylation is 2. The third kappa shape index (κ3) is 4.02. The summed E-state index contributed by atoms with van der Waals surface area (Å²) in [5.41, 5.74) is 7.06. The number of hydrogen-bond donors (Lipinski definition) is 0. The zero-order valence-electron chi connectivity index (χ0n) is 15.9. The zero-order valence-corrected chi connectivity index (χ0v) is 15.9. The first kappa shape index (κ1) is 17.7. The van der Waals surface area contributed by atoms with Crippen LogP contribution in [0.15, 0.2) is 36.5 Å². The van der Waals surface area contributed by atoms with E-state index in [2.05, 4.69) is 89.7 Å². The van der Waals surface area contributed by atoms with Gasteiger partial charge in [-0.3, -0.25) is 0 Å². The van der Waals surface area contributed by atoms with Gasteiger partial charge >= 0.3 is 0 Å². The van der Waals surface area contributed by atoms with Crippen LogP contribution in [0.25, 0.3) is 11.3 Å². The lowest BCUT2D eigenvalue weighted by Crippen LogP contribution is -2.31. The minimum absolute atomic E-state index is 0.243. The molecule has 0 amide bonds. The summed E-state index contributed by atoms with van der Waals surface area (Å²) in [6.07, 6.45) is 4.57. The summed E-state index contributed by atoms with van der Waals surface area (Å²) in [5, 5.41) is 0. The lowest BCUT2D eigenvalue weighted by molar-refractivity contribution is -0.660. The van der Waals surface area contributed by atoms with Gasteiger partial charge in [-0.15, -0.1) is 0 Å². The van der Waals surface area contributed by atoms with Crippen molar-refractivity contribution in [3.8, 4) is 11.3 Å². The molecule has 0 aliphatic heterocycles. The molecule has 0 bridgehead atoms. The minimum atomic E-state index is 0.243. The van der Waals surface area contributed by atoms with Crippen LogP contribution in [0.2, 0.25) is 0 Å². The van der Waals surface area contributed by atoms with E-state index >= 15 is 0 Å². The van der Waals surface area contributed by atoms with Crippen molar-refractivity contribution in [3.05, 3.63) is 53.2 Å². The zero-order chi connectivity index (χ0) is 17.2. The standard InChI is InChI=1S/C22H32N/c1-8-22(5,6)19-10-11-20(17(4)14-19)21-12-9-18(13-16(2)3)15-23(21)7/h9-12,14-16H,8,13H2,1-7H3/q+1. The molecule has 0 saturated carbocycles. The van der Waals surface area contributed by atoms with Gasteiger partial charge in [0.05, 0.1) is 0 Å². The first-order chi connectivity index (χ1) is 10.7. The van der Waals surface area contributed by atoms with Crippen LogP contribution >= 0.6 is 0 Å². The van der Waals surface area contributed by atoms with Crippen molar-refractivity contribution < 1.29 is 4.57 Å². The summed E-state index contributed by atoms with van der Waals surface area (Å²) in [5.74, 6) is 0.693. The van der Waals surface area contributed by atoms with Gasteiger partial charge in [0.15, 0.2) is 6.20 Å². The second kappa shape index (κ2) is 6.86. The summed E-state index contributed by atoms with van der Waals surface area (Å²) in [6, 6.07) is 11.5. The molecule has 0 radical (unpaired) electrons. The van der Waals surface area contributed by atoms with Crippen LogP contribution in [-0.4, -0.2) is 0 Å². The quantitative estimate of drug-likeness (QED) is 0.653. The Bertz CT molecular complexity index is 680. The summed E-state index contributed by atoms with van der Waals surface area (Å²) < 4.78 is 2.27. The van der Waals surface area contributed by atoms with Crippen LogP contribution in [0.4, 0.5) is 0 Å². The molecule has 23 heavy (non-hydrogen) atoms. The summed E-state index contributed by atoms with van der Waals surface area (Å²) in [6.45, 7) is 13.7. The van der Waals surface area contributed by atoms with Gasteiger partial charge < -0.3 is 0 Å². The highest BCUT2D eigenvalue weighted by Crippen LogP contribution is 2.30. The molecule has 2 rings (SSSR count). The van der Waals surface area contributed by atoms with Crippen molar-refractivity contribution in [3.63, 3.8) is 0 Å². The average Bonchev–Trinajstić information content (AvgIpc) is 2.47. The molecular formula is C22H32N+. The Morgan fingerprint density at radius 2 is 1.78 bits per heavy atom. The fraction of sp³-hybridized carbons (Fsp3) is 0.500. The Morgan fingerprint density at radius 3 is 2.30 bits per heavy atom. The van der Waals surface area contributed by atoms with Crippen molar-refractivity contribution in [2.24, 2.45) is 13.0 Å². The van der Waals surface area contributed by atoms with Crippen LogP contribution in [0.5, 0.6) is 0 Å². The molecule has 1 aromatic carbocycles. The Labute approximate surface area is 142 Å². The minimum Gasteiger partial charge on any atom is -0.201 e. The number of hydrogen-bond acceptors (Lipinski definition) is 0. The molecule has 0 aliphatic carbocycles. The predicted molar refractivity (Wildman–Crippen MR) is 99.7 cm³/mol. The van der Waals surface area contributed by atoms with Crippen LogP contribution in [0.3, 0.4) is 0 Å². The third-order valence-electron chi connectivity index (χ3n) is 5.01. The summed E-state index contributed by atoms with van der Waals surface area (Å²) in [7, 11) is 2.16. The molecule has 2 aromatic rings. The normalized spacial score (nSPS) is 12.0. The van der Waals surface area contributed by atoms with E-state index in [4.69, 9.17) is 0 Å². The fourth-order valence-electron chi connectivity index (χ4n) is 3.11. The maximum Gasteiger partial charge on any atom is 0.212 e. The van der Waals surface area contributed by atoms with Crippen molar-refractivity contribution in [1.29, 1.82) is 0 Å². The van der Waals surface area contributed by atoms with E-state index in [1.165, 1.54) is 27.9 Å². The molecule has 1 heteroatoms. The van der Waals surface area contributed by atoms with E-state index in [0.29, 0.717) is 5.92 Å². The Hall–Kier alpha value is -1.63. The van der Waals surface area contributed by atoms with Gasteiger partial charge in [0.2, 0.25) is 5.69 Å². The molecule has 0 saturated heterocycles. The van der Waals surface area contributed by atoms with Gasteiger partial charge in [-0.05, 0) is 54.4 Å². The predicted octanol–water partition coefficient (Wildman–Crippen LogP) is 5.37. The third-order valence-corrected chi connectivity index (χ3v) is 5.01. The van der Waals surface area contributed by atoms with Gasteiger partial charge in [0, 0.05) is 17.2 Å². The molecule has 0 spiro atoms. The molecule has 124 valence electrons. The first-order valence-corrected chi connectivity index (χ1v) is 8.84. The van der Waals surface area contributed by atoms with Crippen LogP contribution in [0.1, 0.15) is 57.7 Å². The molecule has 1 nitrogen and oxygen atoms in total. The Balaban J connectivity index is 2.39. The molecule has 0 fully saturated rings. The molecular weight excluding hydrogens is 278 g/mol. The average molecular weight is 311 g/mol. The Morgan fingerprint density at radius 1 is 1.09 bits per heavy atom. The molecule has 0 unspecified atom stereocenters. The lowest BCUT2D eigenvalue weighted by Gasteiger charge is -2.24. The largest absolute Gasteiger partial charge is 0.212 e. The number of benzene rings is 1. The van der Waals surface area contributed by atoms with Crippen LogP contribution < -0.4 is 4.57 Å². The lowest BCUT2D eigenvalue weighted by atomic mass is 9.81. The number of pyridine rings is 1. The molecule has 0 aliphatic rings. The number of nitrogens with zero attached hydrogens (tertiary/aromatic N) is 1. The molecule has 1 heterocycles. The van der Waals surface area contributed by atoms with Gasteiger partial charge in [0.1, 0.15) is 7.05 Å². The topological polar surface area (TPSA) is 3.88 Å². The van der Waals surface area contributed by atoms with Gasteiger partial charge in [0.25, 0.3) is 0 Å². The highest BCUT2D eigenvalue weighted by molar-refractivity contribution is 5.62. The van der Waals surface area contributed by atoms with Gasteiger partial charge in [-0.1, -0.05) is 46.8 Å². The monoisotopic (exact) mass is 310 g/mol. The maximum absolute atomic E-state index is 2.36. The van der Waals surface area contributed by atoms with Crippen LogP contribution in [-0.2, 0) is 18.9 Å². The molecule has 0 atom stereocenters. The highest BCUT2D eigenvalue weighted by atomic mass is 14.9. The van der Waals surface area contributed by atoms with E-state index < -0.39 is 0 Å². The molecule has 1 aromatic heterocycles. The Kier molecular flexibility index (Phi) is 5.29. The SMILES string of the molecule is CCC(C)(C)c1ccc(-c2ccc(CC(C)C)c[n+]2C)c(C)c1. The first-order valence-electron chi connectivity index (χ1n) is 8.84. The van der Waals surface area contributed by atoms with Gasteiger partial charge in [-0.25, -0.2) is 4.57 Å². The smallest absolute Gasteiger partial charge is 0.201 e. The van der Waals surface area contributed by atoms with Crippen molar-refractivity contribution >= 4 is 0 Å². The number of rotatable bonds is 5. The maximum atomic E-state index is 2.36. The highest BCUT2D eigenvalue weighted by Gasteiger charge is 2.20. The fourth-order valence-corrected chi connectivity index (χ4v) is 3.11. The second-order valence-electron chi connectivity index (χ2n) is 7.90. The van der Waals surface area contributed by atoms with Crippen molar-refractivity contribution in [2.75, 3.05) is 0 Å². The molecule has 0 N–H and O–H groups in total. The van der Waals surface area contributed by atoms with E-state index in [1.54, 1.807) is 0 Å². The summed E-state index contributed by atoms with van der Waals surface area (Å²) in [4.78, 5) is 0. The summed E-state index contributed by atoms with van der Waals surface area (Å²) >= 11 is 0. The second-order valence-corrected chi connectivity index (χ2v) is 7.90. The van der Waals surface area contributed by atoms with Gasteiger partial charge in [-0.2, -0.15) is 0 Å². The van der Waals surface area contributed by atoms with E-state index in [9.17, 15) is 0 Å². The number of aromatic nitrogens is 1. The van der Waals surface area contributed by atoms with E-state index in [1.807, 2.05) is 0 Å². The van der Waals surface area contributed by atoms with Crippen molar-refractivity contribution in [1.82, 2.24) is 0 Å². The van der Waals surface area contributed by atoms with Crippen molar-refractivity contribution in [2.45, 2.75) is 59.8 Å². The van der Waals surface area contributed by atoms with E-state index in [-0.39, 0.29) is 5.41 Å². The van der Waals surface area contributed by atoms with E-state index in [0.717, 1.165) is 12.8 Å². The van der Waals surface area contributed by atoms with Crippen LogP contribution in [0, 0.1) is 12.8 Å².